The van der Waals surface area contributed by atoms with Gasteiger partial charge in [0.25, 0.3) is 11.4 Å². The zero-order valence-corrected chi connectivity index (χ0v) is 16.3. The summed E-state index contributed by atoms with van der Waals surface area (Å²) < 4.78 is 30.2. The number of aliphatic hydroxyl groups excluding tert-OH is 2. The number of carbonyl (C=O) groups is 2. The van der Waals surface area contributed by atoms with E-state index < -0.39 is 66.2 Å². The highest BCUT2D eigenvalue weighted by atomic mass is 19.2. The Hall–Kier alpha value is -2.57. The van der Waals surface area contributed by atoms with Gasteiger partial charge < -0.3 is 24.4 Å². The third kappa shape index (κ3) is 4.54. The highest BCUT2D eigenvalue weighted by Gasteiger charge is 2.57. The van der Waals surface area contributed by atoms with E-state index in [0.717, 1.165) is 12.3 Å². The number of carbonyl (C=O) groups excluding carboxylic acids is 2. The molecule has 2 heterocycles. The van der Waals surface area contributed by atoms with Crippen LogP contribution in [0.4, 0.5) is 9.18 Å². The van der Waals surface area contributed by atoms with Crippen LogP contribution in [0.1, 0.15) is 33.9 Å². The van der Waals surface area contributed by atoms with Crippen molar-refractivity contribution in [3.63, 3.8) is 0 Å². The number of esters is 1. The van der Waals surface area contributed by atoms with Gasteiger partial charge in [-0.05, 0) is 13.8 Å². The van der Waals surface area contributed by atoms with E-state index in [1.165, 1.54) is 27.7 Å². The first-order valence-corrected chi connectivity index (χ1v) is 8.83. The minimum atomic E-state index is -3.02. The number of hydrogen-bond donors (Lipinski definition) is 2. The Balaban J connectivity index is 2.35. The van der Waals surface area contributed by atoms with Crippen molar-refractivity contribution in [3.8, 4) is 0 Å². The number of ether oxygens (including phenoxy) is 3. The third-order valence-electron chi connectivity index (χ3n) is 4.06. The maximum atomic E-state index is 15.0. The molecule has 0 saturated carbocycles. The average Bonchev–Trinajstić information content (AvgIpc) is 2.84. The Bertz CT molecular complexity index is 894. The SMILES string of the molecule is CC(C)OC(=O)n1c(=O)ccn([C@@H]2O[C@](F)(COC(=O)C(C)C)[C@@H](O)[C@H]2O)c1=O. The van der Waals surface area contributed by atoms with Crippen molar-refractivity contribution >= 4 is 12.1 Å². The summed E-state index contributed by atoms with van der Waals surface area (Å²) in [6.07, 6.45) is -6.98. The standard InChI is InChI=1S/C17H23FN2O9/c1-8(2)14(24)27-7-17(18)12(23)11(22)13(29-17)19-6-5-10(21)20(15(19)25)16(26)28-9(3)4/h5-6,8-9,11-13,22-23H,7H2,1-4H3/t11-,12+,13-,17-/m1/s1. The molecule has 1 aromatic rings. The normalized spacial score (nSPS) is 26.7. The fraction of sp³-hybridized carbons (Fsp3) is 0.647. The first-order chi connectivity index (χ1) is 13.4. The van der Waals surface area contributed by atoms with Gasteiger partial charge in [-0.1, -0.05) is 13.8 Å². The predicted octanol–water partition coefficient (Wildman–Crippen LogP) is -0.481. The molecule has 2 rings (SSSR count). The average molecular weight is 418 g/mol. The molecule has 0 spiro atoms. The zero-order valence-electron chi connectivity index (χ0n) is 16.3. The number of alkyl halides is 1. The van der Waals surface area contributed by atoms with Crippen LogP contribution in [-0.2, 0) is 19.0 Å². The Kier molecular flexibility index (Phi) is 6.60. The molecule has 1 saturated heterocycles. The van der Waals surface area contributed by atoms with E-state index >= 15 is 0 Å². The number of rotatable bonds is 5. The molecular weight excluding hydrogens is 395 g/mol. The minimum Gasteiger partial charge on any atom is -0.459 e. The second kappa shape index (κ2) is 8.43. The van der Waals surface area contributed by atoms with Crippen molar-refractivity contribution in [1.29, 1.82) is 0 Å². The molecule has 12 heteroatoms. The van der Waals surface area contributed by atoms with E-state index in [2.05, 4.69) is 0 Å². The van der Waals surface area contributed by atoms with Gasteiger partial charge in [0.1, 0.15) is 12.2 Å². The van der Waals surface area contributed by atoms with E-state index in [0.29, 0.717) is 4.57 Å². The summed E-state index contributed by atoms with van der Waals surface area (Å²) in [5, 5.41) is 20.2. The first-order valence-electron chi connectivity index (χ1n) is 8.83. The molecule has 0 unspecified atom stereocenters. The van der Waals surface area contributed by atoms with E-state index in [1.807, 2.05) is 0 Å². The second-order valence-electron chi connectivity index (χ2n) is 7.10. The van der Waals surface area contributed by atoms with Crippen LogP contribution in [-0.4, -0.2) is 62.2 Å². The summed E-state index contributed by atoms with van der Waals surface area (Å²) in [5.41, 5.74) is -2.29. The number of nitrogens with zero attached hydrogens (tertiary/aromatic N) is 2. The summed E-state index contributed by atoms with van der Waals surface area (Å²) in [6.45, 7) is 4.98. The van der Waals surface area contributed by atoms with Gasteiger partial charge in [-0.2, -0.15) is 4.57 Å². The zero-order chi connectivity index (χ0) is 22.1. The molecular formula is C17H23FN2O9. The quantitative estimate of drug-likeness (QED) is 0.605. The van der Waals surface area contributed by atoms with E-state index in [9.17, 15) is 33.8 Å². The fourth-order valence-corrected chi connectivity index (χ4v) is 2.54. The summed E-state index contributed by atoms with van der Waals surface area (Å²) in [6, 6.07) is 0.808. The third-order valence-corrected chi connectivity index (χ3v) is 4.06. The molecule has 29 heavy (non-hydrogen) atoms. The molecule has 1 fully saturated rings. The van der Waals surface area contributed by atoms with Gasteiger partial charge in [0.15, 0.2) is 12.8 Å². The largest absolute Gasteiger partial charge is 0.459 e. The summed E-state index contributed by atoms with van der Waals surface area (Å²) in [7, 11) is 0. The predicted molar refractivity (Wildman–Crippen MR) is 93.7 cm³/mol. The van der Waals surface area contributed by atoms with Gasteiger partial charge in [0.05, 0.1) is 12.0 Å². The molecule has 1 aromatic heterocycles. The lowest BCUT2D eigenvalue weighted by atomic mass is 10.1. The first kappa shape index (κ1) is 22.7. The lowest BCUT2D eigenvalue weighted by Crippen LogP contribution is -2.46. The van der Waals surface area contributed by atoms with Gasteiger partial charge in [0, 0.05) is 12.3 Å². The molecule has 0 aliphatic carbocycles. The number of hydrogen-bond acceptors (Lipinski definition) is 9. The number of aliphatic hydroxyl groups is 2. The molecule has 1 aliphatic rings. The van der Waals surface area contributed by atoms with E-state index in [-0.39, 0.29) is 4.57 Å². The monoisotopic (exact) mass is 418 g/mol. The lowest BCUT2D eigenvalue weighted by Gasteiger charge is -2.23. The molecule has 11 nitrogen and oxygen atoms in total. The van der Waals surface area contributed by atoms with Gasteiger partial charge in [0.2, 0.25) is 0 Å². The van der Waals surface area contributed by atoms with Crippen LogP contribution in [0, 0.1) is 5.92 Å². The molecule has 0 amide bonds. The Morgan fingerprint density at radius 1 is 1.28 bits per heavy atom. The lowest BCUT2D eigenvalue weighted by molar-refractivity contribution is -0.218. The van der Waals surface area contributed by atoms with Crippen molar-refractivity contribution < 1.29 is 38.4 Å². The number of halogens is 1. The van der Waals surface area contributed by atoms with Crippen LogP contribution in [0.2, 0.25) is 0 Å². The maximum Gasteiger partial charge on any atom is 0.425 e. The van der Waals surface area contributed by atoms with Crippen molar-refractivity contribution in [3.05, 3.63) is 33.1 Å². The molecule has 162 valence electrons. The van der Waals surface area contributed by atoms with Crippen LogP contribution < -0.4 is 11.2 Å². The van der Waals surface area contributed by atoms with Crippen molar-refractivity contribution in [2.75, 3.05) is 6.61 Å². The van der Waals surface area contributed by atoms with Crippen LogP contribution in [0.3, 0.4) is 0 Å². The summed E-state index contributed by atoms with van der Waals surface area (Å²) in [5.74, 6) is -4.36. The van der Waals surface area contributed by atoms with E-state index in [4.69, 9.17) is 14.2 Å². The summed E-state index contributed by atoms with van der Waals surface area (Å²) in [4.78, 5) is 48.0. The Labute approximate surface area is 164 Å². The second-order valence-corrected chi connectivity index (χ2v) is 7.10. The van der Waals surface area contributed by atoms with Crippen LogP contribution in [0.25, 0.3) is 0 Å². The number of aromatic nitrogens is 2. The molecule has 0 bridgehead atoms. The highest BCUT2D eigenvalue weighted by Crippen LogP contribution is 2.38. The topological polar surface area (TPSA) is 146 Å². The van der Waals surface area contributed by atoms with Crippen LogP contribution in [0.5, 0.6) is 0 Å². The van der Waals surface area contributed by atoms with Crippen LogP contribution >= 0.6 is 0 Å². The van der Waals surface area contributed by atoms with Gasteiger partial charge in [-0.25, -0.2) is 14.0 Å². The molecule has 1 aliphatic heterocycles. The van der Waals surface area contributed by atoms with Crippen LogP contribution in [0.15, 0.2) is 21.9 Å². The fourth-order valence-electron chi connectivity index (χ4n) is 2.54. The van der Waals surface area contributed by atoms with Gasteiger partial charge >= 0.3 is 17.8 Å². The molecule has 2 N–H and O–H groups in total. The molecule has 0 aromatic carbocycles. The smallest absolute Gasteiger partial charge is 0.425 e. The van der Waals surface area contributed by atoms with Gasteiger partial charge in [-0.15, -0.1) is 0 Å². The van der Waals surface area contributed by atoms with Crippen molar-refractivity contribution in [2.45, 2.75) is 58.1 Å². The molecule has 4 atom stereocenters. The van der Waals surface area contributed by atoms with E-state index in [1.54, 1.807) is 0 Å². The highest BCUT2D eigenvalue weighted by molar-refractivity contribution is 5.71. The minimum absolute atomic E-state index is 0.138. The Morgan fingerprint density at radius 3 is 2.45 bits per heavy atom. The maximum absolute atomic E-state index is 15.0. The van der Waals surface area contributed by atoms with Crippen molar-refractivity contribution in [2.24, 2.45) is 5.92 Å². The van der Waals surface area contributed by atoms with Crippen molar-refractivity contribution in [1.82, 2.24) is 9.13 Å². The Morgan fingerprint density at radius 2 is 1.90 bits per heavy atom. The summed E-state index contributed by atoms with van der Waals surface area (Å²) >= 11 is 0. The van der Waals surface area contributed by atoms with Gasteiger partial charge in [-0.3, -0.25) is 14.2 Å². The molecule has 0 radical (unpaired) electrons.